The molecule has 2 N–H and O–H groups in total. The van der Waals surface area contributed by atoms with Crippen LogP contribution in [0.5, 0.6) is 0 Å². The zero-order valence-electron chi connectivity index (χ0n) is 9.86. The lowest BCUT2D eigenvalue weighted by Crippen LogP contribution is -2.28. The zero-order chi connectivity index (χ0) is 13.7. The van der Waals surface area contributed by atoms with Crippen LogP contribution in [0.4, 0.5) is 14.9 Å². The summed E-state index contributed by atoms with van der Waals surface area (Å²) in [6.45, 7) is 0.258. The van der Waals surface area contributed by atoms with E-state index in [1.54, 1.807) is 18.3 Å². The molecule has 4 nitrogen and oxygen atoms in total. The highest BCUT2D eigenvalue weighted by molar-refractivity contribution is 6.30. The average Bonchev–Trinajstić information content (AvgIpc) is 2.39. The van der Waals surface area contributed by atoms with Gasteiger partial charge in [0.2, 0.25) is 0 Å². The van der Waals surface area contributed by atoms with E-state index in [-0.39, 0.29) is 12.4 Å². The summed E-state index contributed by atoms with van der Waals surface area (Å²) in [6, 6.07) is 8.43. The predicted molar refractivity (Wildman–Crippen MR) is 71.5 cm³/mol. The second-order valence-corrected chi connectivity index (χ2v) is 4.22. The SMILES string of the molecule is O=C(NCc1cc(Cl)ccn1)Nc1ccc(F)cc1. The van der Waals surface area contributed by atoms with Crippen LogP contribution >= 0.6 is 11.6 Å². The Labute approximate surface area is 114 Å². The minimum absolute atomic E-state index is 0.258. The fourth-order valence-electron chi connectivity index (χ4n) is 1.42. The molecular formula is C13H11ClFN3O. The molecule has 0 atom stereocenters. The van der Waals surface area contributed by atoms with Crippen molar-refractivity contribution in [3.05, 3.63) is 59.1 Å². The molecule has 0 spiro atoms. The van der Waals surface area contributed by atoms with Crippen molar-refractivity contribution in [3.8, 4) is 0 Å². The van der Waals surface area contributed by atoms with Crippen LogP contribution in [0, 0.1) is 5.82 Å². The molecule has 0 aliphatic heterocycles. The number of nitrogens with zero attached hydrogens (tertiary/aromatic N) is 1. The number of urea groups is 1. The molecule has 0 radical (unpaired) electrons. The Balaban J connectivity index is 1.86. The topological polar surface area (TPSA) is 54.0 Å². The van der Waals surface area contributed by atoms with Crippen molar-refractivity contribution in [2.45, 2.75) is 6.54 Å². The molecule has 19 heavy (non-hydrogen) atoms. The first-order valence-electron chi connectivity index (χ1n) is 5.54. The van der Waals surface area contributed by atoms with Gasteiger partial charge in [-0.2, -0.15) is 0 Å². The molecule has 0 aliphatic rings. The van der Waals surface area contributed by atoms with Gasteiger partial charge in [-0.3, -0.25) is 4.98 Å². The molecule has 2 aromatic rings. The van der Waals surface area contributed by atoms with Crippen LogP contribution < -0.4 is 10.6 Å². The number of amides is 2. The number of carbonyl (C=O) groups is 1. The fourth-order valence-corrected chi connectivity index (χ4v) is 1.61. The minimum Gasteiger partial charge on any atom is -0.332 e. The maximum atomic E-state index is 12.7. The maximum absolute atomic E-state index is 12.7. The van der Waals surface area contributed by atoms with Crippen LogP contribution in [-0.4, -0.2) is 11.0 Å². The van der Waals surface area contributed by atoms with Gasteiger partial charge in [0.15, 0.2) is 0 Å². The molecule has 0 aliphatic carbocycles. The number of anilines is 1. The van der Waals surface area contributed by atoms with Gasteiger partial charge in [0, 0.05) is 16.9 Å². The van der Waals surface area contributed by atoms with Crippen molar-refractivity contribution in [2.24, 2.45) is 0 Å². The highest BCUT2D eigenvalue weighted by Gasteiger charge is 2.02. The summed E-state index contributed by atoms with van der Waals surface area (Å²) in [5.74, 6) is -0.353. The highest BCUT2D eigenvalue weighted by atomic mass is 35.5. The van der Waals surface area contributed by atoms with Crippen LogP contribution in [0.25, 0.3) is 0 Å². The van der Waals surface area contributed by atoms with Crippen LogP contribution in [0.3, 0.4) is 0 Å². The Kier molecular flexibility index (Phi) is 4.30. The van der Waals surface area contributed by atoms with E-state index < -0.39 is 6.03 Å². The van der Waals surface area contributed by atoms with E-state index in [2.05, 4.69) is 15.6 Å². The lowest BCUT2D eigenvalue weighted by atomic mass is 10.3. The molecule has 0 fully saturated rings. The second kappa shape index (κ2) is 6.15. The van der Waals surface area contributed by atoms with E-state index >= 15 is 0 Å². The normalized spacial score (nSPS) is 10.0. The molecule has 1 heterocycles. The summed E-state index contributed by atoms with van der Waals surface area (Å²) in [4.78, 5) is 15.6. The van der Waals surface area contributed by atoms with Crippen molar-refractivity contribution in [3.63, 3.8) is 0 Å². The van der Waals surface area contributed by atoms with Gasteiger partial charge >= 0.3 is 6.03 Å². The lowest BCUT2D eigenvalue weighted by molar-refractivity contribution is 0.251. The Bertz CT molecular complexity index is 574. The quantitative estimate of drug-likeness (QED) is 0.906. The van der Waals surface area contributed by atoms with E-state index in [0.29, 0.717) is 16.4 Å². The van der Waals surface area contributed by atoms with Crippen molar-refractivity contribution in [1.29, 1.82) is 0 Å². The lowest BCUT2D eigenvalue weighted by Gasteiger charge is -2.07. The van der Waals surface area contributed by atoms with E-state index in [9.17, 15) is 9.18 Å². The summed E-state index contributed by atoms with van der Waals surface area (Å²) in [7, 11) is 0. The van der Waals surface area contributed by atoms with Gasteiger partial charge < -0.3 is 10.6 Å². The summed E-state index contributed by atoms with van der Waals surface area (Å²) in [5, 5.41) is 5.76. The number of aromatic nitrogens is 1. The first-order chi connectivity index (χ1) is 9.13. The molecule has 0 bridgehead atoms. The van der Waals surface area contributed by atoms with Crippen molar-refractivity contribution >= 4 is 23.3 Å². The summed E-state index contributed by atoms with van der Waals surface area (Å²) >= 11 is 5.80. The van der Waals surface area contributed by atoms with Gasteiger partial charge in [-0.1, -0.05) is 11.6 Å². The Hall–Kier alpha value is -2.14. The first-order valence-corrected chi connectivity index (χ1v) is 5.92. The number of nitrogens with one attached hydrogen (secondary N) is 2. The van der Waals surface area contributed by atoms with Crippen molar-refractivity contribution in [1.82, 2.24) is 10.3 Å². The third-order valence-electron chi connectivity index (χ3n) is 2.31. The number of carbonyl (C=O) groups excluding carboxylic acids is 1. The first kappa shape index (κ1) is 13.3. The standard InChI is InChI=1S/C13H11ClFN3O/c14-9-5-6-16-12(7-9)8-17-13(19)18-11-3-1-10(15)2-4-11/h1-7H,8H2,(H2,17,18,19). The molecule has 6 heteroatoms. The second-order valence-electron chi connectivity index (χ2n) is 3.78. The number of pyridine rings is 1. The Morgan fingerprint density at radius 3 is 2.68 bits per heavy atom. The summed E-state index contributed by atoms with van der Waals surface area (Å²) in [5.41, 5.74) is 1.17. The Morgan fingerprint density at radius 1 is 1.26 bits per heavy atom. The molecular weight excluding hydrogens is 269 g/mol. The van der Waals surface area contributed by atoms with Crippen LogP contribution in [-0.2, 0) is 6.54 Å². The molecule has 1 aromatic heterocycles. The fraction of sp³-hybridized carbons (Fsp3) is 0.0769. The number of benzene rings is 1. The molecule has 0 saturated carbocycles. The largest absolute Gasteiger partial charge is 0.332 e. The van der Waals surface area contributed by atoms with E-state index in [4.69, 9.17) is 11.6 Å². The van der Waals surface area contributed by atoms with Crippen LogP contribution in [0.15, 0.2) is 42.6 Å². The van der Waals surface area contributed by atoms with Crippen LogP contribution in [0.1, 0.15) is 5.69 Å². The van der Waals surface area contributed by atoms with Crippen molar-refractivity contribution < 1.29 is 9.18 Å². The third kappa shape index (κ3) is 4.22. The highest BCUT2D eigenvalue weighted by Crippen LogP contribution is 2.09. The minimum atomic E-state index is -0.395. The van der Waals surface area contributed by atoms with Crippen LogP contribution in [0.2, 0.25) is 5.02 Å². The maximum Gasteiger partial charge on any atom is 0.319 e. The van der Waals surface area contributed by atoms with Gasteiger partial charge in [-0.25, -0.2) is 9.18 Å². The molecule has 0 unspecified atom stereocenters. The van der Waals surface area contributed by atoms with Gasteiger partial charge in [0.1, 0.15) is 5.82 Å². The molecule has 98 valence electrons. The molecule has 1 aromatic carbocycles. The van der Waals surface area contributed by atoms with Gasteiger partial charge in [0.25, 0.3) is 0 Å². The Morgan fingerprint density at radius 2 is 2.00 bits per heavy atom. The smallest absolute Gasteiger partial charge is 0.319 e. The zero-order valence-corrected chi connectivity index (χ0v) is 10.6. The number of rotatable bonds is 3. The summed E-state index contributed by atoms with van der Waals surface area (Å²) in [6.07, 6.45) is 1.57. The predicted octanol–water partition coefficient (Wildman–Crippen LogP) is 3.20. The molecule has 0 saturated heterocycles. The van der Waals surface area contributed by atoms with E-state index in [0.717, 1.165) is 0 Å². The number of hydrogen-bond acceptors (Lipinski definition) is 2. The third-order valence-corrected chi connectivity index (χ3v) is 2.55. The van der Waals surface area contributed by atoms with Gasteiger partial charge in [-0.15, -0.1) is 0 Å². The average molecular weight is 280 g/mol. The summed E-state index contributed by atoms with van der Waals surface area (Å²) < 4.78 is 12.7. The molecule has 2 amide bonds. The van der Waals surface area contributed by atoms with Gasteiger partial charge in [0.05, 0.1) is 12.2 Å². The number of hydrogen-bond donors (Lipinski definition) is 2. The van der Waals surface area contributed by atoms with Gasteiger partial charge in [-0.05, 0) is 36.4 Å². The van der Waals surface area contributed by atoms with E-state index in [1.165, 1.54) is 24.3 Å². The monoisotopic (exact) mass is 279 g/mol. The molecule has 2 rings (SSSR count). The number of halogens is 2. The van der Waals surface area contributed by atoms with Crippen molar-refractivity contribution in [2.75, 3.05) is 5.32 Å². The van der Waals surface area contributed by atoms with E-state index in [1.807, 2.05) is 0 Å².